The molecule has 0 aliphatic rings. The molecule has 2 aromatic rings. The maximum atomic E-state index is 11.1. The third-order valence-electron chi connectivity index (χ3n) is 2.15. The molecule has 6 nitrogen and oxygen atoms in total. The number of nitrogens with two attached hydrogens (primary N) is 1. The van der Waals surface area contributed by atoms with E-state index in [4.69, 9.17) is 10.2 Å². The van der Waals surface area contributed by atoms with E-state index in [1.807, 2.05) is 0 Å². The summed E-state index contributed by atoms with van der Waals surface area (Å²) < 4.78 is 22.1. The molecular weight excluding hydrogens is 232 g/mol. The van der Waals surface area contributed by atoms with E-state index in [-0.39, 0.29) is 10.6 Å². The Morgan fingerprint density at radius 2 is 2.00 bits per heavy atom. The fraction of sp³-hybridized carbons (Fsp3) is 0. The number of carboxylic acids is 1. The number of rotatable bonds is 2. The number of carbonyl (C=O) groups is 1. The van der Waals surface area contributed by atoms with Crippen LogP contribution < -0.4 is 5.14 Å². The highest BCUT2D eigenvalue weighted by molar-refractivity contribution is 7.89. The fourth-order valence-corrected chi connectivity index (χ4v) is 1.95. The van der Waals surface area contributed by atoms with Gasteiger partial charge in [-0.05, 0) is 24.3 Å². The van der Waals surface area contributed by atoms with Crippen molar-refractivity contribution < 1.29 is 18.3 Å². The van der Waals surface area contributed by atoms with Gasteiger partial charge in [-0.25, -0.2) is 18.4 Å². The minimum Gasteiger partial charge on any atom is -0.477 e. The summed E-state index contributed by atoms with van der Waals surface area (Å²) in [4.78, 5) is 13.3. The molecule has 0 fully saturated rings. The first-order chi connectivity index (χ1) is 7.38. The Morgan fingerprint density at radius 3 is 2.56 bits per heavy atom. The number of fused-ring (bicyclic) bond motifs is 1. The summed E-state index contributed by atoms with van der Waals surface area (Å²) in [5.74, 6) is -1.10. The lowest BCUT2D eigenvalue weighted by Gasteiger charge is -1.96. The minimum atomic E-state index is -3.77. The number of aromatic amines is 1. The van der Waals surface area contributed by atoms with E-state index in [2.05, 4.69) is 4.98 Å². The van der Waals surface area contributed by atoms with Gasteiger partial charge in [-0.3, -0.25) is 0 Å². The van der Waals surface area contributed by atoms with Gasteiger partial charge in [0.25, 0.3) is 0 Å². The van der Waals surface area contributed by atoms with E-state index in [9.17, 15) is 13.2 Å². The van der Waals surface area contributed by atoms with Gasteiger partial charge in [0.1, 0.15) is 5.69 Å². The molecule has 0 atom stereocenters. The van der Waals surface area contributed by atoms with Crippen LogP contribution in [0.15, 0.2) is 29.2 Å². The number of hydrogen-bond acceptors (Lipinski definition) is 3. The highest BCUT2D eigenvalue weighted by Crippen LogP contribution is 2.19. The van der Waals surface area contributed by atoms with Crippen molar-refractivity contribution >= 4 is 26.9 Å². The Balaban J connectivity index is 2.67. The number of primary sulfonamides is 1. The van der Waals surface area contributed by atoms with E-state index in [1.165, 1.54) is 24.3 Å². The molecule has 1 aromatic heterocycles. The molecular formula is C9H8N2O4S. The van der Waals surface area contributed by atoms with Crippen molar-refractivity contribution in [2.45, 2.75) is 4.90 Å². The summed E-state index contributed by atoms with van der Waals surface area (Å²) in [6.07, 6.45) is 0. The average molecular weight is 240 g/mol. The van der Waals surface area contributed by atoms with E-state index in [1.54, 1.807) is 0 Å². The molecule has 0 radical (unpaired) electrons. The van der Waals surface area contributed by atoms with Crippen LogP contribution in [0.1, 0.15) is 10.5 Å². The van der Waals surface area contributed by atoms with E-state index in [0.717, 1.165) is 0 Å². The number of aromatic nitrogens is 1. The van der Waals surface area contributed by atoms with Crippen LogP contribution in [0.25, 0.3) is 10.9 Å². The molecule has 7 heteroatoms. The minimum absolute atomic E-state index is 0.00145. The number of carboxylic acid groups (broad SMARTS) is 1. The van der Waals surface area contributed by atoms with Gasteiger partial charge in [0, 0.05) is 10.9 Å². The molecule has 84 valence electrons. The second kappa shape index (κ2) is 3.32. The number of H-pyrrole nitrogens is 1. The highest BCUT2D eigenvalue weighted by atomic mass is 32.2. The maximum Gasteiger partial charge on any atom is 0.352 e. The average Bonchev–Trinajstić information content (AvgIpc) is 2.58. The summed E-state index contributed by atoms with van der Waals surface area (Å²) in [5, 5.41) is 14.2. The second-order valence-corrected chi connectivity index (χ2v) is 4.84. The molecule has 16 heavy (non-hydrogen) atoms. The number of hydrogen-bond donors (Lipinski definition) is 3. The monoisotopic (exact) mass is 240 g/mol. The molecule has 1 heterocycles. The van der Waals surface area contributed by atoms with Crippen LogP contribution in [0.4, 0.5) is 0 Å². The van der Waals surface area contributed by atoms with Crippen molar-refractivity contribution in [2.24, 2.45) is 5.14 Å². The Morgan fingerprint density at radius 1 is 1.31 bits per heavy atom. The van der Waals surface area contributed by atoms with E-state index < -0.39 is 16.0 Å². The Bertz CT molecular complexity index is 672. The molecule has 0 unspecified atom stereocenters. The van der Waals surface area contributed by atoms with Crippen LogP contribution in [0, 0.1) is 0 Å². The molecule has 0 amide bonds. The maximum absolute atomic E-state index is 11.1. The van der Waals surface area contributed by atoms with Crippen LogP contribution in [-0.4, -0.2) is 24.5 Å². The lowest BCUT2D eigenvalue weighted by atomic mass is 10.2. The smallest absolute Gasteiger partial charge is 0.352 e. The van der Waals surface area contributed by atoms with Crippen LogP contribution in [0.3, 0.4) is 0 Å². The third kappa shape index (κ3) is 1.77. The first-order valence-electron chi connectivity index (χ1n) is 4.27. The first kappa shape index (κ1) is 10.7. The van der Waals surface area contributed by atoms with Crippen molar-refractivity contribution in [2.75, 3.05) is 0 Å². The second-order valence-electron chi connectivity index (χ2n) is 3.28. The molecule has 1 aromatic carbocycles. The topological polar surface area (TPSA) is 113 Å². The van der Waals surface area contributed by atoms with Gasteiger partial charge in [-0.1, -0.05) is 0 Å². The molecule has 0 bridgehead atoms. The molecule has 0 aliphatic carbocycles. The van der Waals surface area contributed by atoms with Crippen LogP contribution >= 0.6 is 0 Å². The zero-order valence-electron chi connectivity index (χ0n) is 7.97. The lowest BCUT2D eigenvalue weighted by Crippen LogP contribution is -2.11. The number of nitrogens with one attached hydrogen (secondary N) is 1. The molecule has 0 saturated carbocycles. The van der Waals surface area contributed by atoms with Crippen LogP contribution in [0.2, 0.25) is 0 Å². The number of sulfonamides is 1. The summed E-state index contributed by atoms with van der Waals surface area (Å²) in [5.41, 5.74) is 0.548. The fourth-order valence-electron chi connectivity index (χ4n) is 1.40. The number of aromatic carboxylic acids is 1. The molecule has 4 N–H and O–H groups in total. The zero-order valence-corrected chi connectivity index (χ0v) is 8.78. The summed E-state index contributed by atoms with van der Waals surface area (Å²) in [6.45, 7) is 0. The van der Waals surface area contributed by atoms with E-state index >= 15 is 0 Å². The van der Waals surface area contributed by atoms with Gasteiger partial charge in [0.05, 0.1) is 4.90 Å². The van der Waals surface area contributed by atoms with Gasteiger partial charge in [0.15, 0.2) is 0 Å². The molecule has 0 saturated heterocycles. The summed E-state index contributed by atoms with van der Waals surface area (Å²) in [7, 11) is -3.77. The summed E-state index contributed by atoms with van der Waals surface area (Å²) >= 11 is 0. The Kier molecular flexibility index (Phi) is 2.21. The van der Waals surface area contributed by atoms with Gasteiger partial charge >= 0.3 is 5.97 Å². The van der Waals surface area contributed by atoms with Crippen LogP contribution in [-0.2, 0) is 10.0 Å². The van der Waals surface area contributed by atoms with Crippen molar-refractivity contribution in [3.05, 3.63) is 30.0 Å². The Hall–Kier alpha value is -1.86. The molecule has 2 rings (SSSR count). The van der Waals surface area contributed by atoms with Gasteiger partial charge in [-0.15, -0.1) is 0 Å². The predicted molar refractivity (Wildman–Crippen MR) is 56.6 cm³/mol. The number of benzene rings is 1. The molecule has 0 aliphatic heterocycles. The molecule has 0 spiro atoms. The first-order valence-corrected chi connectivity index (χ1v) is 5.81. The quantitative estimate of drug-likeness (QED) is 0.709. The Labute approximate surface area is 90.7 Å². The lowest BCUT2D eigenvalue weighted by molar-refractivity contribution is 0.0691. The third-order valence-corrected chi connectivity index (χ3v) is 3.06. The van der Waals surface area contributed by atoms with Gasteiger partial charge in [0.2, 0.25) is 10.0 Å². The highest BCUT2D eigenvalue weighted by Gasteiger charge is 2.11. The van der Waals surface area contributed by atoms with Gasteiger partial charge in [-0.2, -0.15) is 0 Å². The standard InChI is InChI=1S/C9H8N2O4S/c10-16(14,15)6-1-2-7-5(3-6)4-8(11-7)9(12)13/h1-4,11H,(H,12,13)(H2,10,14,15). The van der Waals surface area contributed by atoms with E-state index in [0.29, 0.717) is 10.9 Å². The van der Waals surface area contributed by atoms with Crippen LogP contribution in [0.5, 0.6) is 0 Å². The predicted octanol–water partition coefficient (Wildman–Crippen LogP) is 0.514. The summed E-state index contributed by atoms with van der Waals surface area (Å²) in [6, 6.07) is 5.47. The SMILES string of the molecule is NS(=O)(=O)c1ccc2[nH]c(C(=O)O)cc2c1. The largest absolute Gasteiger partial charge is 0.477 e. The zero-order chi connectivity index (χ0) is 11.9. The van der Waals surface area contributed by atoms with Crippen molar-refractivity contribution in [1.82, 2.24) is 4.98 Å². The van der Waals surface area contributed by atoms with Crippen molar-refractivity contribution in [3.63, 3.8) is 0 Å². The van der Waals surface area contributed by atoms with Crippen molar-refractivity contribution in [1.29, 1.82) is 0 Å². The normalized spacial score (nSPS) is 11.8. The van der Waals surface area contributed by atoms with Crippen molar-refractivity contribution in [3.8, 4) is 0 Å². The van der Waals surface area contributed by atoms with Gasteiger partial charge < -0.3 is 10.1 Å².